The van der Waals surface area contributed by atoms with E-state index in [0.29, 0.717) is 10.7 Å². The molecule has 0 fully saturated rings. The zero-order valence-electron chi connectivity index (χ0n) is 8.58. The molecule has 1 unspecified atom stereocenters. The zero-order valence-corrected chi connectivity index (χ0v) is 10.2. The van der Waals surface area contributed by atoms with Gasteiger partial charge in [0, 0.05) is 22.7 Å². The van der Waals surface area contributed by atoms with Gasteiger partial charge in [-0.25, -0.2) is 0 Å². The van der Waals surface area contributed by atoms with E-state index in [2.05, 4.69) is 5.32 Å². The first kappa shape index (κ1) is 12.2. The molecule has 0 spiro atoms. The van der Waals surface area contributed by atoms with Crippen LogP contribution in [-0.2, 0) is 4.79 Å². The summed E-state index contributed by atoms with van der Waals surface area (Å²) in [5.41, 5.74) is 6.41. The molecule has 1 atom stereocenters. The highest BCUT2D eigenvalue weighted by molar-refractivity contribution is 8.00. The third-order valence-corrected chi connectivity index (χ3v) is 3.31. The first-order chi connectivity index (χ1) is 7.04. The molecule has 0 aliphatic heterocycles. The van der Waals surface area contributed by atoms with Crippen molar-refractivity contribution in [1.82, 2.24) is 5.32 Å². The summed E-state index contributed by atoms with van der Waals surface area (Å²) in [5.74, 6) is -0.0284. The van der Waals surface area contributed by atoms with Gasteiger partial charge in [0.25, 0.3) is 0 Å². The maximum Gasteiger partial charge on any atom is 0.232 e. The molecule has 5 heteroatoms. The molecule has 0 radical (unpaired) electrons. The predicted molar refractivity (Wildman–Crippen MR) is 65.3 cm³/mol. The van der Waals surface area contributed by atoms with Crippen LogP contribution in [0.2, 0.25) is 5.02 Å². The number of halogens is 1. The van der Waals surface area contributed by atoms with E-state index >= 15 is 0 Å². The number of amides is 1. The van der Waals surface area contributed by atoms with Crippen LogP contribution in [0.15, 0.2) is 23.1 Å². The van der Waals surface area contributed by atoms with Gasteiger partial charge in [-0.3, -0.25) is 4.79 Å². The van der Waals surface area contributed by atoms with Crippen molar-refractivity contribution in [3.8, 4) is 0 Å². The second-order valence-electron chi connectivity index (χ2n) is 3.06. The lowest BCUT2D eigenvalue weighted by molar-refractivity contribution is -0.119. The van der Waals surface area contributed by atoms with Crippen LogP contribution in [0.5, 0.6) is 0 Å². The lowest BCUT2D eigenvalue weighted by Gasteiger charge is -2.11. The highest BCUT2D eigenvalue weighted by atomic mass is 35.5. The first-order valence-corrected chi connectivity index (χ1v) is 5.73. The molecule has 3 N–H and O–H groups in total. The fourth-order valence-corrected chi connectivity index (χ4v) is 2.30. The number of nitrogens with two attached hydrogens (primary N) is 1. The first-order valence-electron chi connectivity index (χ1n) is 4.48. The van der Waals surface area contributed by atoms with Gasteiger partial charge in [-0.1, -0.05) is 11.6 Å². The highest BCUT2D eigenvalue weighted by Gasteiger charge is 2.14. The molecule has 0 saturated heterocycles. The van der Waals surface area contributed by atoms with E-state index in [1.807, 2.05) is 6.92 Å². The molecule has 3 nitrogen and oxygen atoms in total. The molecule has 15 heavy (non-hydrogen) atoms. The summed E-state index contributed by atoms with van der Waals surface area (Å²) in [4.78, 5) is 12.1. The molecule has 0 bridgehead atoms. The van der Waals surface area contributed by atoms with Crippen LogP contribution < -0.4 is 11.1 Å². The summed E-state index contributed by atoms with van der Waals surface area (Å²) in [6, 6.07) is 5.23. The molecule has 82 valence electrons. The number of rotatable bonds is 3. The number of hydrogen-bond donors (Lipinski definition) is 2. The summed E-state index contributed by atoms with van der Waals surface area (Å²) in [5, 5.41) is 3.02. The van der Waals surface area contributed by atoms with Crippen LogP contribution >= 0.6 is 23.4 Å². The molecule has 0 saturated carbocycles. The topological polar surface area (TPSA) is 55.1 Å². The van der Waals surface area contributed by atoms with E-state index in [0.717, 1.165) is 4.90 Å². The monoisotopic (exact) mass is 244 g/mol. The summed E-state index contributed by atoms with van der Waals surface area (Å²) in [6.45, 7) is 1.82. The van der Waals surface area contributed by atoms with Crippen LogP contribution in [0.1, 0.15) is 6.92 Å². The number of hydrogen-bond acceptors (Lipinski definition) is 3. The lowest BCUT2D eigenvalue weighted by Crippen LogP contribution is -2.27. The van der Waals surface area contributed by atoms with Crippen molar-refractivity contribution >= 4 is 35.0 Å². The van der Waals surface area contributed by atoms with E-state index in [1.165, 1.54) is 11.8 Å². The van der Waals surface area contributed by atoms with Gasteiger partial charge in [0.1, 0.15) is 0 Å². The number of nitrogens with one attached hydrogen (secondary N) is 1. The molecule has 0 aliphatic carbocycles. The summed E-state index contributed by atoms with van der Waals surface area (Å²) in [6.07, 6.45) is 0. The van der Waals surface area contributed by atoms with Crippen molar-refractivity contribution in [3.63, 3.8) is 0 Å². The molecule has 0 aliphatic rings. The Labute approximate surface area is 98.4 Å². The highest BCUT2D eigenvalue weighted by Crippen LogP contribution is 2.31. The Bertz CT molecular complexity index is 370. The van der Waals surface area contributed by atoms with Crippen LogP contribution in [0.25, 0.3) is 0 Å². The Balaban J connectivity index is 2.80. The molecule has 1 rings (SSSR count). The smallest absolute Gasteiger partial charge is 0.232 e. The van der Waals surface area contributed by atoms with Crippen molar-refractivity contribution in [2.45, 2.75) is 17.1 Å². The Kier molecular flexibility index (Phi) is 4.29. The van der Waals surface area contributed by atoms with E-state index < -0.39 is 0 Å². The largest absolute Gasteiger partial charge is 0.398 e. The average molecular weight is 245 g/mol. The molecule has 0 aromatic heterocycles. The van der Waals surface area contributed by atoms with Gasteiger partial charge in [0.05, 0.1) is 5.25 Å². The van der Waals surface area contributed by atoms with Crippen molar-refractivity contribution in [3.05, 3.63) is 23.2 Å². The third-order valence-electron chi connectivity index (χ3n) is 1.89. The number of benzene rings is 1. The molecule has 0 heterocycles. The summed E-state index contributed by atoms with van der Waals surface area (Å²) >= 11 is 7.24. The SMILES string of the molecule is CNC(=O)C(C)Sc1cc(Cl)ccc1N. The predicted octanol–water partition coefficient (Wildman–Crippen LogP) is 2.15. The maximum absolute atomic E-state index is 11.3. The van der Waals surface area contributed by atoms with Gasteiger partial charge in [0.2, 0.25) is 5.91 Å². The molecular weight excluding hydrogens is 232 g/mol. The fraction of sp³-hybridized carbons (Fsp3) is 0.300. The Hall–Kier alpha value is -0.870. The van der Waals surface area contributed by atoms with Crippen molar-refractivity contribution in [1.29, 1.82) is 0 Å². The normalized spacial score (nSPS) is 12.2. The number of nitrogen functional groups attached to an aromatic ring is 1. The zero-order chi connectivity index (χ0) is 11.4. The van der Waals surface area contributed by atoms with Gasteiger partial charge in [-0.15, -0.1) is 11.8 Å². The molecular formula is C10H13ClN2OS. The van der Waals surface area contributed by atoms with E-state index in [1.54, 1.807) is 25.2 Å². The van der Waals surface area contributed by atoms with Gasteiger partial charge < -0.3 is 11.1 Å². The minimum absolute atomic E-state index is 0.0284. The van der Waals surface area contributed by atoms with Crippen molar-refractivity contribution in [2.75, 3.05) is 12.8 Å². The maximum atomic E-state index is 11.3. The fourth-order valence-electron chi connectivity index (χ4n) is 1.06. The van der Waals surface area contributed by atoms with Gasteiger partial charge in [-0.2, -0.15) is 0 Å². The summed E-state index contributed by atoms with van der Waals surface area (Å²) < 4.78 is 0. The number of carbonyl (C=O) groups is 1. The minimum Gasteiger partial charge on any atom is -0.398 e. The van der Waals surface area contributed by atoms with Crippen molar-refractivity contribution < 1.29 is 4.79 Å². The quantitative estimate of drug-likeness (QED) is 0.633. The second-order valence-corrected chi connectivity index (χ2v) is 4.88. The van der Waals surface area contributed by atoms with Gasteiger partial charge in [-0.05, 0) is 25.1 Å². The van der Waals surface area contributed by atoms with E-state index in [4.69, 9.17) is 17.3 Å². The van der Waals surface area contributed by atoms with Crippen molar-refractivity contribution in [2.24, 2.45) is 0 Å². The summed E-state index contributed by atoms with van der Waals surface area (Å²) in [7, 11) is 1.61. The Morgan fingerprint density at radius 3 is 2.87 bits per heavy atom. The number of carbonyl (C=O) groups excluding carboxylic acids is 1. The van der Waals surface area contributed by atoms with Crippen LogP contribution in [-0.4, -0.2) is 18.2 Å². The number of anilines is 1. The van der Waals surface area contributed by atoms with Crippen LogP contribution in [0.3, 0.4) is 0 Å². The number of thioether (sulfide) groups is 1. The van der Waals surface area contributed by atoms with E-state index in [9.17, 15) is 4.79 Å². The second kappa shape index (κ2) is 5.28. The Morgan fingerprint density at radius 1 is 1.60 bits per heavy atom. The van der Waals surface area contributed by atoms with Crippen LogP contribution in [0.4, 0.5) is 5.69 Å². The van der Waals surface area contributed by atoms with Gasteiger partial charge >= 0.3 is 0 Å². The molecule has 1 aromatic rings. The average Bonchev–Trinajstić information content (AvgIpc) is 2.22. The minimum atomic E-state index is -0.184. The Morgan fingerprint density at radius 2 is 2.27 bits per heavy atom. The molecule has 1 amide bonds. The van der Waals surface area contributed by atoms with Gasteiger partial charge in [0.15, 0.2) is 0 Å². The molecule has 1 aromatic carbocycles. The third kappa shape index (κ3) is 3.32. The van der Waals surface area contributed by atoms with E-state index in [-0.39, 0.29) is 11.2 Å². The van der Waals surface area contributed by atoms with Crippen LogP contribution in [0, 0.1) is 0 Å². The lowest BCUT2D eigenvalue weighted by atomic mass is 10.3. The standard InChI is InChI=1S/C10H13ClN2OS/c1-6(10(14)13-2)15-9-5-7(11)3-4-8(9)12/h3-6H,12H2,1-2H3,(H,13,14).